The number of hydrogen-bond acceptors (Lipinski definition) is 4. The van der Waals surface area contributed by atoms with Crippen LogP contribution in [0.25, 0.3) is 0 Å². The number of nitrogens with zero attached hydrogens (tertiary/aromatic N) is 1. The molecule has 158 valence electrons. The Hall–Kier alpha value is -2.54. The molecule has 6 nitrogen and oxygen atoms in total. The van der Waals surface area contributed by atoms with Gasteiger partial charge in [-0.25, -0.2) is 8.42 Å². The zero-order valence-corrected chi connectivity index (χ0v) is 18.3. The topological polar surface area (TPSA) is 75.7 Å². The minimum absolute atomic E-state index is 0.104. The van der Waals surface area contributed by atoms with Crippen molar-refractivity contribution in [2.45, 2.75) is 39.7 Å². The molecule has 0 aromatic heterocycles. The monoisotopic (exact) mass is 418 g/mol. The summed E-state index contributed by atoms with van der Waals surface area (Å²) >= 11 is 0. The lowest BCUT2D eigenvalue weighted by atomic mass is 10.1. The predicted molar refractivity (Wildman–Crippen MR) is 117 cm³/mol. The van der Waals surface area contributed by atoms with E-state index in [0.29, 0.717) is 24.5 Å². The number of ether oxygens (including phenoxy) is 1. The summed E-state index contributed by atoms with van der Waals surface area (Å²) in [6.07, 6.45) is 1.80. The number of carbonyl (C=O) groups is 1. The maximum absolute atomic E-state index is 12.3. The standard InChI is InChI=1S/C22H30N2O4S/c1-5-28-21-10-7-6-9-20(21)24(29(4,26)27)16-8-11-22(25)23-18(3)19-14-12-17(2)13-15-19/h6-7,9-10,12-15,18H,5,8,11,16H2,1-4H3,(H,23,25). The second kappa shape index (κ2) is 10.3. The molecule has 1 amide bonds. The van der Waals surface area contributed by atoms with E-state index < -0.39 is 10.0 Å². The zero-order chi connectivity index (χ0) is 21.4. The van der Waals surface area contributed by atoms with Gasteiger partial charge in [0.15, 0.2) is 0 Å². The Morgan fingerprint density at radius 1 is 1.14 bits per heavy atom. The summed E-state index contributed by atoms with van der Waals surface area (Å²) < 4.78 is 31.5. The lowest BCUT2D eigenvalue weighted by molar-refractivity contribution is -0.121. The van der Waals surface area contributed by atoms with Gasteiger partial charge >= 0.3 is 0 Å². The summed E-state index contributed by atoms with van der Waals surface area (Å²) in [5.74, 6) is 0.405. The first-order chi connectivity index (χ1) is 13.7. The van der Waals surface area contributed by atoms with E-state index in [9.17, 15) is 13.2 Å². The van der Waals surface area contributed by atoms with Crippen molar-refractivity contribution in [2.24, 2.45) is 0 Å². The van der Waals surface area contributed by atoms with Crippen LogP contribution in [0.4, 0.5) is 5.69 Å². The normalized spacial score (nSPS) is 12.3. The summed E-state index contributed by atoms with van der Waals surface area (Å²) in [4.78, 5) is 12.3. The summed E-state index contributed by atoms with van der Waals surface area (Å²) in [5, 5.41) is 2.97. The van der Waals surface area contributed by atoms with Gasteiger partial charge in [-0.2, -0.15) is 0 Å². The Kier molecular flexibility index (Phi) is 8.08. The second-order valence-electron chi connectivity index (χ2n) is 7.04. The van der Waals surface area contributed by atoms with Gasteiger partial charge in [0.25, 0.3) is 0 Å². The van der Waals surface area contributed by atoms with Crippen molar-refractivity contribution in [3.8, 4) is 5.75 Å². The first kappa shape index (κ1) is 22.7. The fourth-order valence-corrected chi connectivity index (χ4v) is 4.01. The van der Waals surface area contributed by atoms with Crippen molar-refractivity contribution < 1.29 is 17.9 Å². The number of rotatable bonds is 10. The van der Waals surface area contributed by atoms with Crippen LogP contribution >= 0.6 is 0 Å². The maximum atomic E-state index is 12.3. The molecular formula is C22H30N2O4S. The molecule has 0 saturated carbocycles. The summed E-state index contributed by atoms with van der Waals surface area (Å²) in [5.41, 5.74) is 2.69. The molecule has 0 aliphatic carbocycles. The number of carbonyl (C=O) groups excluding carboxylic acids is 1. The average molecular weight is 419 g/mol. The van der Waals surface area contributed by atoms with Gasteiger partial charge < -0.3 is 10.1 Å². The minimum atomic E-state index is -3.51. The molecule has 0 spiro atoms. The molecule has 0 radical (unpaired) electrons. The van der Waals surface area contributed by atoms with Crippen LogP contribution in [0.2, 0.25) is 0 Å². The van der Waals surface area contributed by atoms with Crippen LogP contribution in [-0.4, -0.2) is 33.7 Å². The van der Waals surface area contributed by atoms with Gasteiger partial charge in [-0.15, -0.1) is 0 Å². The number of anilines is 1. The number of benzene rings is 2. The molecule has 1 unspecified atom stereocenters. The Balaban J connectivity index is 1.98. The van der Waals surface area contributed by atoms with Crippen molar-refractivity contribution in [1.29, 1.82) is 0 Å². The van der Waals surface area contributed by atoms with Gasteiger partial charge in [0.2, 0.25) is 15.9 Å². The third-order valence-corrected chi connectivity index (χ3v) is 5.73. The molecule has 1 N–H and O–H groups in total. The van der Waals surface area contributed by atoms with Crippen molar-refractivity contribution in [2.75, 3.05) is 23.7 Å². The van der Waals surface area contributed by atoms with Crippen LogP contribution in [0.3, 0.4) is 0 Å². The molecule has 2 aromatic rings. The van der Waals surface area contributed by atoms with E-state index in [1.807, 2.05) is 45.0 Å². The third kappa shape index (κ3) is 6.78. The quantitative estimate of drug-likeness (QED) is 0.636. The minimum Gasteiger partial charge on any atom is -0.492 e. The van der Waals surface area contributed by atoms with Crippen LogP contribution in [0.5, 0.6) is 5.75 Å². The first-order valence-electron chi connectivity index (χ1n) is 9.77. The molecular weight excluding hydrogens is 388 g/mol. The molecule has 0 bridgehead atoms. The van der Waals surface area contributed by atoms with Gasteiger partial charge in [0, 0.05) is 13.0 Å². The van der Waals surface area contributed by atoms with E-state index in [1.165, 1.54) is 9.87 Å². The van der Waals surface area contributed by atoms with Crippen LogP contribution in [0.1, 0.15) is 43.9 Å². The summed E-state index contributed by atoms with van der Waals surface area (Å²) in [7, 11) is -3.51. The highest BCUT2D eigenvalue weighted by molar-refractivity contribution is 7.92. The third-order valence-electron chi connectivity index (χ3n) is 4.55. The van der Waals surface area contributed by atoms with Crippen LogP contribution in [0, 0.1) is 6.92 Å². The van der Waals surface area contributed by atoms with Gasteiger partial charge in [-0.05, 0) is 44.9 Å². The van der Waals surface area contributed by atoms with E-state index in [4.69, 9.17) is 4.74 Å². The maximum Gasteiger partial charge on any atom is 0.232 e. The van der Waals surface area contributed by atoms with E-state index in [2.05, 4.69) is 5.32 Å². The number of hydrogen-bond donors (Lipinski definition) is 1. The van der Waals surface area contributed by atoms with E-state index in [1.54, 1.807) is 24.3 Å². The number of aryl methyl sites for hydroxylation is 1. The zero-order valence-electron chi connectivity index (χ0n) is 17.5. The van der Waals surface area contributed by atoms with Crippen LogP contribution in [0.15, 0.2) is 48.5 Å². The van der Waals surface area contributed by atoms with Crippen molar-refractivity contribution in [1.82, 2.24) is 5.32 Å². The molecule has 0 fully saturated rings. The van der Waals surface area contributed by atoms with Crippen molar-refractivity contribution >= 4 is 21.6 Å². The van der Waals surface area contributed by atoms with Crippen molar-refractivity contribution in [3.63, 3.8) is 0 Å². The fourth-order valence-electron chi connectivity index (χ4n) is 3.04. The van der Waals surface area contributed by atoms with Crippen LogP contribution < -0.4 is 14.4 Å². The molecule has 29 heavy (non-hydrogen) atoms. The molecule has 0 saturated heterocycles. The largest absolute Gasteiger partial charge is 0.492 e. The lowest BCUT2D eigenvalue weighted by Gasteiger charge is -2.24. The molecule has 1 atom stereocenters. The van der Waals surface area contributed by atoms with Gasteiger partial charge in [-0.1, -0.05) is 42.0 Å². The number of nitrogens with one attached hydrogen (secondary N) is 1. The molecule has 2 rings (SSSR count). The highest BCUT2D eigenvalue weighted by Gasteiger charge is 2.21. The summed E-state index contributed by atoms with van der Waals surface area (Å²) in [6, 6.07) is 14.9. The second-order valence-corrected chi connectivity index (χ2v) is 8.95. The first-order valence-corrected chi connectivity index (χ1v) is 11.6. The van der Waals surface area contributed by atoms with Crippen molar-refractivity contribution in [3.05, 3.63) is 59.7 Å². The van der Waals surface area contributed by atoms with Gasteiger partial charge in [-0.3, -0.25) is 9.10 Å². The predicted octanol–water partition coefficient (Wildman–Crippen LogP) is 3.82. The van der Waals surface area contributed by atoms with E-state index in [0.717, 1.165) is 11.8 Å². The Labute approximate surface area is 173 Å². The Morgan fingerprint density at radius 3 is 2.41 bits per heavy atom. The van der Waals surface area contributed by atoms with Gasteiger partial charge in [0.1, 0.15) is 5.75 Å². The highest BCUT2D eigenvalue weighted by Crippen LogP contribution is 2.30. The molecule has 0 aliphatic heterocycles. The number of para-hydroxylation sites is 2. The van der Waals surface area contributed by atoms with E-state index >= 15 is 0 Å². The average Bonchev–Trinajstić information content (AvgIpc) is 2.66. The Bertz CT molecular complexity index is 911. The van der Waals surface area contributed by atoms with Crippen LogP contribution in [-0.2, 0) is 14.8 Å². The SMILES string of the molecule is CCOc1ccccc1N(CCCC(=O)NC(C)c1ccc(C)cc1)S(C)(=O)=O. The molecule has 0 aliphatic rings. The summed E-state index contributed by atoms with van der Waals surface area (Å²) in [6.45, 7) is 6.44. The highest BCUT2D eigenvalue weighted by atomic mass is 32.2. The molecule has 2 aromatic carbocycles. The Morgan fingerprint density at radius 2 is 1.79 bits per heavy atom. The fraction of sp³-hybridized carbons (Fsp3) is 0.409. The number of amides is 1. The van der Waals surface area contributed by atoms with E-state index in [-0.39, 0.29) is 24.9 Å². The lowest BCUT2D eigenvalue weighted by Crippen LogP contribution is -2.33. The smallest absolute Gasteiger partial charge is 0.232 e. The molecule has 7 heteroatoms. The molecule has 0 heterocycles. The number of sulfonamides is 1. The van der Waals surface area contributed by atoms with Gasteiger partial charge in [0.05, 0.1) is 24.6 Å².